The van der Waals surface area contributed by atoms with E-state index in [0.717, 1.165) is 15.2 Å². The molecule has 1 aliphatic heterocycles. The van der Waals surface area contributed by atoms with Crippen molar-refractivity contribution in [2.24, 2.45) is 6.98 Å². The molecular formula is C27H33N7OS. The highest BCUT2D eigenvalue weighted by atomic mass is 32.1. The summed E-state index contributed by atoms with van der Waals surface area (Å²) in [5.74, 6) is 0. The number of nitrogens with zero attached hydrogens (tertiary/aromatic N) is 7. The Morgan fingerprint density at radius 2 is 2.06 bits per heavy atom. The molecule has 8 nitrogen and oxygen atoms in total. The molecule has 0 saturated carbocycles. The van der Waals surface area contributed by atoms with E-state index < -0.39 is 25.4 Å². The number of nitriles is 1. The number of aryl methyl sites for hydroxylation is 2. The number of benzene rings is 1. The lowest BCUT2D eigenvalue weighted by Gasteiger charge is -2.49. The van der Waals surface area contributed by atoms with Gasteiger partial charge in [0.05, 0.1) is 45.3 Å². The Morgan fingerprint density at radius 3 is 2.78 bits per heavy atom. The predicted molar refractivity (Wildman–Crippen MR) is 145 cm³/mol. The molecule has 4 aromatic rings. The van der Waals surface area contributed by atoms with Crippen molar-refractivity contribution in [3.63, 3.8) is 0 Å². The van der Waals surface area contributed by atoms with Gasteiger partial charge < -0.3 is 4.90 Å². The largest absolute Gasteiger partial charge is 0.362 e. The maximum Gasteiger partial charge on any atom is 0.267 e. The first-order valence-corrected chi connectivity index (χ1v) is 13.0. The van der Waals surface area contributed by atoms with Crippen LogP contribution in [0.5, 0.6) is 0 Å². The molecule has 1 fully saturated rings. The van der Waals surface area contributed by atoms with Gasteiger partial charge in [0.25, 0.3) is 5.56 Å². The van der Waals surface area contributed by atoms with Crippen LogP contribution >= 0.6 is 11.3 Å². The second-order valence-electron chi connectivity index (χ2n) is 9.25. The van der Waals surface area contributed by atoms with Crippen molar-refractivity contribution in [1.29, 1.82) is 5.26 Å². The molecule has 1 aromatic carbocycles. The first kappa shape index (κ1) is 18.1. The number of imidazole rings is 1. The Kier molecular flexibility index (Phi) is 4.86. The standard InChI is InChI=1S/C27H33N7OS/c1-6-21-16-33(24-13-26(35)31(5)34-14-20(10-11-28)30-27(24)34)22(7-2)15-32(21)17(3)19-8-9-23-25(12-19)36-18(4)29-23/h8-9,12-14,17,21-22H,6-7,10,15-16H2,1-5H3/t17?,21-,22+/m1/s1/i3D3,5D3. The summed E-state index contributed by atoms with van der Waals surface area (Å²) in [5.41, 5.74) is 1.96. The van der Waals surface area contributed by atoms with Crippen LogP contribution in [0.4, 0.5) is 5.69 Å². The fourth-order valence-electron chi connectivity index (χ4n) is 5.19. The molecule has 0 bridgehead atoms. The van der Waals surface area contributed by atoms with Gasteiger partial charge in [-0.25, -0.2) is 19.2 Å². The van der Waals surface area contributed by atoms with Gasteiger partial charge in [-0.05, 0) is 44.3 Å². The minimum atomic E-state index is -2.75. The maximum atomic E-state index is 13.2. The normalized spacial score (nSPS) is 22.9. The van der Waals surface area contributed by atoms with E-state index >= 15 is 0 Å². The maximum absolute atomic E-state index is 13.2. The third kappa shape index (κ3) is 4.18. The molecular weight excluding hydrogens is 470 g/mol. The Labute approximate surface area is 223 Å². The fourth-order valence-corrected chi connectivity index (χ4v) is 6.06. The molecule has 0 amide bonds. The van der Waals surface area contributed by atoms with Gasteiger partial charge in [0.2, 0.25) is 0 Å². The van der Waals surface area contributed by atoms with E-state index in [2.05, 4.69) is 19.8 Å². The summed E-state index contributed by atoms with van der Waals surface area (Å²) in [6.07, 6.45) is 2.68. The average molecular weight is 510 g/mol. The molecule has 188 valence electrons. The lowest BCUT2D eigenvalue weighted by molar-refractivity contribution is 0.101. The number of hydrogen-bond donors (Lipinski definition) is 0. The molecule has 1 aliphatic rings. The number of rotatable bonds is 6. The molecule has 1 saturated heterocycles. The number of aromatic nitrogens is 4. The van der Waals surface area contributed by atoms with E-state index in [4.69, 9.17) is 8.22 Å². The van der Waals surface area contributed by atoms with Crippen LogP contribution in [0.1, 0.15) is 64.1 Å². The Balaban J connectivity index is 1.60. The summed E-state index contributed by atoms with van der Waals surface area (Å²) < 4.78 is 52.4. The molecule has 0 spiro atoms. The number of thiazole rings is 1. The number of anilines is 1. The highest BCUT2D eigenvalue weighted by Gasteiger charge is 2.36. The van der Waals surface area contributed by atoms with Gasteiger partial charge in [-0.3, -0.25) is 9.69 Å². The van der Waals surface area contributed by atoms with E-state index in [1.165, 1.54) is 28.1 Å². The lowest BCUT2D eigenvalue weighted by Crippen LogP contribution is -2.59. The molecule has 5 rings (SSSR count). The van der Waals surface area contributed by atoms with E-state index in [1.54, 1.807) is 0 Å². The third-order valence-electron chi connectivity index (χ3n) is 7.07. The predicted octanol–water partition coefficient (Wildman–Crippen LogP) is 4.46. The molecule has 0 N–H and O–H groups in total. The summed E-state index contributed by atoms with van der Waals surface area (Å²) in [6, 6.07) is 7.80. The molecule has 3 atom stereocenters. The zero-order valence-electron chi connectivity index (χ0n) is 26.6. The highest BCUT2D eigenvalue weighted by Crippen LogP contribution is 2.34. The number of hydrogen-bond acceptors (Lipinski definition) is 7. The van der Waals surface area contributed by atoms with Crippen molar-refractivity contribution in [3.8, 4) is 6.07 Å². The molecule has 9 heteroatoms. The molecule has 36 heavy (non-hydrogen) atoms. The SMILES string of the molecule is [2H]C([2H])([2H])C(c1ccc2nc(C)sc2c1)N1C[C@H](CC)N(c2cc(=O)n(C([2H])([2H])[2H])n3cc(CC#N)nc23)C[C@H]1CC. The monoisotopic (exact) mass is 509 g/mol. The van der Waals surface area contributed by atoms with Crippen molar-refractivity contribution >= 4 is 32.9 Å². The quantitative estimate of drug-likeness (QED) is 0.382. The van der Waals surface area contributed by atoms with Crippen molar-refractivity contribution in [1.82, 2.24) is 24.1 Å². The lowest BCUT2D eigenvalue weighted by atomic mass is 9.96. The van der Waals surface area contributed by atoms with Gasteiger partial charge in [0, 0.05) is 52.5 Å². The van der Waals surface area contributed by atoms with Gasteiger partial charge in [0.1, 0.15) is 0 Å². The van der Waals surface area contributed by atoms with Crippen LogP contribution in [-0.2, 0) is 13.4 Å². The van der Waals surface area contributed by atoms with Crippen LogP contribution in [0.2, 0.25) is 0 Å². The first-order chi connectivity index (χ1) is 19.8. The summed E-state index contributed by atoms with van der Waals surface area (Å²) in [6.45, 7) is 1.72. The van der Waals surface area contributed by atoms with E-state index in [1.807, 2.05) is 45.0 Å². The van der Waals surface area contributed by atoms with Crippen molar-refractivity contribution in [2.75, 3.05) is 18.0 Å². The van der Waals surface area contributed by atoms with Gasteiger partial charge in [-0.1, -0.05) is 19.9 Å². The Bertz CT molecular complexity index is 1720. The van der Waals surface area contributed by atoms with Crippen LogP contribution in [0.25, 0.3) is 15.9 Å². The van der Waals surface area contributed by atoms with Crippen molar-refractivity contribution < 1.29 is 8.22 Å². The molecule has 4 heterocycles. The summed E-state index contributed by atoms with van der Waals surface area (Å²) >= 11 is 1.54. The summed E-state index contributed by atoms with van der Waals surface area (Å²) in [5, 5.41) is 10.2. The van der Waals surface area contributed by atoms with Crippen LogP contribution in [0, 0.1) is 18.3 Å². The molecule has 1 unspecified atom stereocenters. The molecule has 0 aliphatic carbocycles. The zero-order valence-corrected chi connectivity index (χ0v) is 21.4. The summed E-state index contributed by atoms with van der Waals surface area (Å²) in [4.78, 5) is 26.4. The highest BCUT2D eigenvalue weighted by molar-refractivity contribution is 7.18. The zero-order chi connectivity index (χ0) is 30.6. The fraction of sp³-hybridized carbons (Fsp3) is 0.481. The van der Waals surface area contributed by atoms with E-state index in [-0.39, 0.29) is 24.2 Å². The Morgan fingerprint density at radius 1 is 1.22 bits per heavy atom. The molecule has 3 aromatic heterocycles. The van der Waals surface area contributed by atoms with Crippen LogP contribution in [0.3, 0.4) is 0 Å². The van der Waals surface area contributed by atoms with E-state index in [0.29, 0.717) is 47.6 Å². The van der Waals surface area contributed by atoms with Gasteiger partial charge in [-0.15, -0.1) is 11.3 Å². The molecule has 0 radical (unpaired) electrons. The second kappa shape index (κ2) is 9.68. The Hall–Kier alpha value is -3.22. The van der Waals surface area contributed by atoms with Gasteiger partial charge in [-0.2, -0.15) is 5.26 Å². The number of fused-ring (bicyclic) bond motifs is 2. The second-order valence-corrected chi connectivity index (χ2v) is 10.5. The number of piperazine rings is 1. The van der Waals surface area contributed by atoms with Gasteiger partial charge >= 0.3 is 0 Å². The smallest absolute Gasteiger partial charge is 0.267 e. The van der Waals surface area contributed by atoms with Crippen molar-refractivity contribution in [2.45, 2.75) is 65.0 Å². The summed E-state index contributed by atoms with van der Waals surface area (Å²) in [7, 11) is 0. The van der Waals surface area contributed by atoms with E-state index in [9.17, 15) is 10.1 Å². The minimum absolute atomic E-state index is 0.0389. The topological polar surface area (TPSA) is 82.5 Å². The minimum Gasteiger partial charge on any atom is -0.362 e. The van der Waals surface area contributed by atoms with Crippen molar-refractivity contribution in [3.05, 3.63) is 57.1 Å². The third-order valence-corrected chi connectivity index (χ3v) is 8.00. The average Bonchev–Trinajstić information content (AvgIpc) is 3.48. The first-order valence-electron chi connectivity index (χ1n) is 15.2. The van der Waals surface area contributed by atoms with Crippen LogP contribution < -0.4 is 10.5 Å². The van der Waals surface area contributed by atoms with Crippen LogP contribution in [0.15, 0.2) is 35.3 Å². The van der Waals surface area contributed by atoms with Crippen LogP contribution in [-0.4, -0.2) is 49.2 Å². The van der Waals surface area contributed by atoms with Gasteiger partial charge in [0.15, 0.2) is 5.65 Å².